The molecule has 0 saturated heterocycles. The Kier molecular flexibility index (Phi) is 42.4. The predicted molar refractivity (Wildman–Crippen MR) is 250 cm³/mol. The Hall–Kier alpha value is -3.22. The minimum absolute atomic E-state index is 0.0172. The van der Waals surface area contributed by atoms with Gasteiger partial charge < -0.3 is 20.3 Å². The van der Waals surface area contributed by atoms with E-state index >= 15 is 0 Å². The van der Waals surface area contributed by atoms with E-state index in [0.717, 1.165) is 64.2 Å². The summed E-state index contributed by atoms with van der Waals surface area (Å²) in [6.07, 6.45) is 58.9. The highest BCUT2D eigenvalue weighted by Crippen LogP contribution is 2.16. The number of ether oxygens (including phenoxy) is 1. The van der Waals surface area contributed by atoms with Crippen LogP contribution in [0.25, 0.3) is 0 Å². The van der Waals surface area contributed by atoms with Crippen LogP contribution >= 0.6 is 0 Å². The van der Waals surface area contributed by atoms with Crippen LogP contribution in [-0.2, 0) is 14.3 Å². The largest absolute Gasteiger partial charge is 0.462 e. The summed E-state index contributed by atoms with van der Waals surface area (Å²) in [5.74, 6) is -0.611. The average molecular weight is 806 g/mol. The Balaban J connectivity index is 4.82. The molecule has 0 aliphatic carbocycles. The van der Waals surface area contributed by atoms with Crippen LogP contribution in [-0.4, -0.2) is 46.9 Å². The average Bonchev–Trinajstić information content (AvgIpc) is 3.22. The zero-order valence-corrected chi connectivity index (χ0v) is 37.4. The van der Waals surface area contributed by atoms with Crippen molar-refractivity contribution in [3.8, 4) is 0 Å². The van der Waals surface area contributed by atoms with Crippen molar-refractivity contribution in [1.82, 2.24) is 5.32 Å². The first-order valence-electron chi connectivity index (χ1n) is 23.5. The molecule has 0 radical (unpaired) electrons. The normalized spacial score (nSPS) is 14.2. The maximum absolute atomic E-state index is 13.1. The monoisotopic (exact) mass is 806 g/mol. The molecule has 58 heavy (non-hydrogen) atoms. The molecule has 3 unspecified atom stereocenters. The summed E-state index contributed by atoms with van der Waals surface area (Å²) in [7, 11) is 0. The third-order valence-corrected chi connectivity index (χ3v) is 10.0. The third-order valence-electron chi connectivity index (χ3n) is 10.0. The first-order chi connectivity index (χ1) is 28.5. The summed E-state index contributed by atoms with van der Waals surface area (Å²) in [5, 5.41) is 23.6. The van der Waals surface area contributed by atoms with E-state index in [1.54, 1.807) is 0 Å². The van der Waals surface area contributed by atoms with Gasteiger partial charge in [-0.25, -0.2) is 0 Å². The number of rotatable bonds is 40. The van der Waals surface area contributed by atoms with Gasteiger partial charge in [0.05, 0.1) is 25.2 Å². The fraction of sp³-hybridized carbons (Fsp3) is 0.654. The van der Waals surface area contributed by atoms with Crippen LogP contribution < -0.4 is 5.32 Å². The Morgan fingerprint density at radius 3 is 1.57 bits per heavy atom. The van der Waals surface area contributed by atoms with E-state index in [9.17, 15) is 19.8 Å². The van der Waals surface area contributed by atoms with Gasteiger partial charge in [-0.3, -0.25) is 9.59 Å². The Morgan fingerprint density at radius 2 is 1.00 bits per heavy atom. The molecule has 0 heterocycles. The zero-order chi connectivity index (χ0) is 42.4. The van der Waals surface area contributed by atoms with Crippen molar-refractivity contribution in [3.63, 3.8) is 0 Å². The molecular weight excluding hydrogens is 719 g/mol. The number of carbonyl (C=O) groups is 2. The number of hydrogen-bond acceptors (Lipinski definition) is 5. The number of amides is 1. The Bertz CT molecular complexity index is 1180. The maximum atomic E-state index is 13.1. The highest BCUT2D eigenvalue weighted by Gasteiger charge is 2.24. The third kappa shape index (κ3) is 39.6. The van der Waals surface area contributed by atoms with Crippen LogP contribution in [0.4, 0.5) is 0 Å². The van der Waals surface area contributed by atoms with Gasteiger partial charge in [0, 0.05) is 6.42 Å². The summed E-state index contributed by atoms with van der Waals surface area (Å²) in [6, 6.07) is -0.733. The van der Waals surface area contributed by atoms with Crippen molar-refractivity contribution in [1.29, 1.82) is 0 Å². The van der Waals surface area contributed by atoms with Gasteiger partial charge in [0.2, 0.25) is 5.91 Å². The van der Waals surface area contributed by atoms with Crippen molar-refractivity contribution >= 4 is 11.9 Å². The van der Waals surface area contributed by atoms with E-state index < -0.39 is 18.2 Å². The van der Waals surface area contributed by atoms with Crippen molar-refractivity contribution in [2.24, 2.45) is 0 Å². The molecule has 0 aromatic rings. The van der Waals surface area contributed by atoms with E-state index in [4.69, 9.17) is 4.74 Å². The van der Waals surface area contributed by atoms with E-state index in [2.05, 4.69) is 68.6 Å². The number of aliphatic hydroxyl groups is 2. The number of esters is 1. The van der Waals surface area contributed by atoms with Gasteiger partial charge in [0.1, 0.15) is 6.10 Å². The first kappa shape index (κ1) is 54.8. The molecule has 3 atom stereocenters. The Labute approximate surface area is 356 Å². The first-order valence-corrected chi connectivity index (χ1v) is 23.5. The van der Waals surface area contributed by atoms with Crippen LogP contribution in [0.1, 0.15) is 194 Å². The quantitative estimate of drug-likeness (QED) is 0.0248. The number of hydrogen-bond donors (Lipinski definition) is 3. The number of aliphatic hydroxyl groups excluding tert-OH is 2. The number of carbonyl (C=O) groups excluding carboxylic acids is 2. The lowest BCUT2D eigenvalue weighted by Crippen LogP contribution is -2.46. The van der Waals surface area contributed by atoms with E-state index in [0.29, 0.717) is 19.3 Å². The van der Waals surface area contributed by atoms with Crippen LogP contribution in [0, 0.1) is 0 Å². The molecule has 0 saturated carbocycles. The van der Waals surface area contributed by atoms with Gasteiger partial charge in [0.25, 0.3) is 0 Å². The second-order valence-corrected chi connectivity index (χ2v) is 15.5. The SMILES string of the molecule is CC/C=C/C=C/C=C\C=C/C=C/CCCC(=O)OC(CCCC/C=C\C/C=C\C/C=C\CCCCC)CC(=O)NC(CO)C(O)CCCCCCCCCCCCC. The van der Waals surface area contributed by atoms with Gasteiger partial charge in [-0.15, -0.1) is 0 Å². The molecule has 0 rings (SSSR count). The summed E-state index contributed by atoms with van der Waals surface area (Å²) in [4.78, 5) is 26.0. The van der Waals surface area contributed by atoms with Crippen molar-refractivity contribution in [3.05, 3.63) is 97.2 Å². The van der Waals surface area contributed by atoms with Crippen LogP contribution in [0.3, 0.4) is 0 Å². The fourth-order valence-electron chi connectivity index (χ4n) is 6.47. The fourth-order valence-corrected chi connectivity index (χ4v) is 6.47. The predicted octanol–water partition coefficient (Wildman–Crippen LogP) is 13.8. The number of nitrogens with one attached hydrogen (secondary N) is 1. The summed E-state index contributed by atoms with van der Waals surface area (Å²) in [6.45, 7) is 6.25. The highest BCUT2D eigenvalue weighted by atomic mass is 16.5. The molecule has 0 aromatic carbocycles. The molecule has 0 aliphatic heterocycles. The molecular formula is C52H87NO5. The summed E-state index contributed by atoms with van der Waals surface area (Å²) in [5.41, 5.74) is 0. The molecule has 6 nitrogen and oxygen atoms in total. The smallest absolute Gasteiger partial charge is 0.306 e. The highest BCUT2D eigenvalue weighted by molar-refractivity contribution is 5.77. The molecule has 0 bridgehead atoms. The van der Waals surface area contributed by atoms with Gasteiger partial charge in [-0.1, -0.05) is 201 Å². The second kappa shape index (κ2) is 44.9. The second-order valence-electron chi connectivity index (χ2n) is 15.5. The van der Waals surface area contributed by atoms with E-state index in [1.807, 2.05) is 54.7 Å². The molecule has 0 fully saturated rings. The van der Waals surface area contributed by atoms with Crippen LogP contribution in [0.5, 0.6) is 0 Å². The molecule has 3 N–H and O–H groups in total. The molecule has 0 aromatic heterocycles. The lowest BCUT2D eigenvalue weighted by atomic mass is 10.0. The minimum Gasteiger partial charge on any atom is -0.462 e. The molecule has 0 spiro atoms. The van der Waals surface area contributed by atoms with Gasteiger partial charge in [-0.05, 0) is 77.0 Å². The lowest BCUT2D eigenvalue weighted by Gasteiger charge is -2.24. The van der Waals surface area contributed by atoms with Crippen molar-refractivity contribution in [2.75, 3.05) is 6.61 Å². The van der Waals surface area contributed by atoms with Gasteiger partial charge in [0.15, 0.2) is 0 Å². The molecule has 0 aliphatic rings. The van der Waals surface area contributed by atoms with Gasteiger partial charge >= 0.3 is 5.97 Å². The summed E-state index contributed by atoms with van der Waals surface area (Å²) >= 11 is 0. The maximum Gasteiger partial charge on any atom is 0.306 e. The lowest BCUT2D eigenvalue weighted by molar-refractivity contribution is -0.151. The molecule has 6 heteroatoms. The topological polar surface area (TPSA) is 95.9 Å². The zero-order valence-electron chi connectivity index (χ0n) is 37.4. The summed E-state index contributed by atoms with van der Waals surface area (Å²) < 4.78 is 5.85. The number of allylic oxidation sites excluding steroid dienone is 16. The van der Waals surface area contributed by atoms with E-state index in [1.165, 1.54) is 77.0 Å². The van der Waals surface area contributed by atoms with Crippen molar-refractivity contribution < 1.29 is 24.5 Å². The minimum atomic E-state index is -0.814. The van der Waals surface area contributed by atoms with Crippen LogP contribution in [0.15, 0.2) is 97.2 Å². The Morgan fingerprint density at radius 1 is 0.534 bits per heavy atom. The standard InChI is InChI=1S/C52H87NO5/c1-4-7-10-13-16-19-22-24-25-27-29-31-34-37-40-43-48(58-52(57)45-42-39-36-33-30-26-23-20-17-14-11-8-5-2)46-51(56)53-49(47-54)50(55)44-41-38-35-32-28-21-18-15-12-9-6-3/h8,11,14,16-17,19-20,23-26,29-31,33,36,48-50,54-55H,4-7,9-10,12-13,15,18,21-22,27-28,32,34-35,37-47H2,1-3H3,(H,53,56)/b11-8+,17-14+,19-16-,23-20-,25-24-,30-26-,31-29-,36-33+. The van der Waals surface area contributed by atoms with Gasteiger partial charge in [-0.2, -0.15) is 0 Å². The van der Waals surface area contributed by atoms with Crippen molar-refractivity contribution in [2.45, 2.75) is 212 Å². The van der Waals surface area contributed by atoms with Crippen LogP contribution in [0.2, 0.25) is 0 Å². The number of unbranched alkanes of at least 4 members (excludes halogenated alkanes) is 16. The molecule has 330 valence electrons. The molecule has 1 amide bonds. The van der Waals surface area contributed by atoms with E-state index in [-0.39, 0.29) is 31.3 Å².